The predicted octanol–water partition coefficient (Wildman–Crippen LogP) is 3.24. The summed E-state index contributed by atoms with van der Waals surface area (Å²) in [5, 5.41) is 14.9. The molecule has 3 rings (SSSR count). The molecule has 0 bridgehead atoms. The second-order valence-electron chi connectivity index (χ2n) is 5.16. The van der Waals surface area contributed by atoms with Crippen LogP contribution in [0.2, 0.25) is 0 Å². The van der Waals surface area contributed by atoms with Crippen LogP contribution in [0.5, 0.6) is 0 Å². The second-order valence-corrected chi connectivity index (χ2v) is 5.16. The van der Waals surface area contributed by atoms with E-state index in [1.165, 1.54) is 0 Å². The van der Waals surface area contributed by atoms with Crippen LogP contribution in [0, 0.1) is 0 Å². The third kappa shape index (κ3) is 3.86. The van der Waals surface area contributed by atoms with Crippen molar-refractivity contribution in [3.63, 3.8) is 0 Å². The summed E-state index contributed by atoms with van der Waals surface area (Å²) < 4.78 is 26.1. The standard InChI is InChI=1S/C17H14F2N4O2/c18-15(19)17-22-13-7-2-1-6-12(13)16(23-17)21-11-5-3-4-10(8-11)20-14(25)9-24/h1-8,15,24H,9H2,(H,20,25)(H,21,22,23). The average molecular weight is 344 g/mol. The lowest BCUT2D eigenvalue weighted by Gasteiger charge is -2.12. The molecule has 0 atom stereocenters. The Morgan fingerprint density at radius 2 is 1.84 bits per heavy atom. The number of nitrogens with zero attached hydrogens (tertiary/aromatic N) is 2. The number of alkyl halides is 2. The third-order valence-corrected chi connectivity index (χ3v) is 3.37. The zero-order valence-corrected chi connectivity index (χ0v) is 12.9. The van der Waals surface area contributed by atoms with E-state index in [0.29, 0.717) is 22.3 Å². The minimum Gasteiger partial charge on any atom is -0.387 e. The molecule has 0 aliphatic heterocycles. The molecule has 0 fully saturated rings. The van der Waals surface area contributed by atoms with Crippen molar-refractivity contribution >= 4 is 34.0 Å². The van der Waals surface area contributed by atoms with Gasteiger partial charge in [0.15, 0.2) is 5.82 Å². The number of carbonyl (C=O) groups is 1. The van der Waals surface area contributed by atoms with Gasteiger partial charge in [-0.25, -0.2) is 18.7 Å². The van der Waals surface area contributed by atoms with Gasteiger partial charge in [-0.2, -0.15) is 0 Å². The van der Waals surface area contributed by atoms with Gasteiger partial charge in [-0.1, -0.05) is 18.2 Å². The molecule has 8 heteroatoms. The fraction of sp³-hybridized carbons (Fsp3) is 0.118. The van der Waals surface area contributed by atoms with Crippen LogP contribution >= 0.6 is 0 Å². The van der Waals surface area contributed by atoms with Gasteiger partial charge in [-0.3, -0.25) is 4.79 Å². The van der Waals surface area contributed by atoms with Crippen molar-refractivity contribution in [2.24, 2.45) is 0 Å². The maximum atomic E-state index is 13.0. The smallest absolute Gasteiger partial charge is 0.297 e. The molecule has 0 aliphatic carbocycles. The van der Waals surface area contributed by atoms with Crippen molar-refractivity contribution in [2.45, 2.75) is 6.43 Å². The number of halogens is 2. The maximum Gasteiger partial charge on any atom is 0.297 e. The fourth-order valence-electron chi connectivity index (χ4n) is 2.30. The first-order valence-corrected chi connectivity index (χ1v) is 7.39. The Bertz CT molecular complexity index is 918. The average Bonchev–Trinajstić information content (AvgIpc) is 2.61. The van der Waals surface area contributed by atoms with Gasteiger partial charge in [0.25, 0.3) is 6.43 Å². The Morgan fingerprint density at radius 3 is 2.60 bits per heavy atom. The third-order valence-electron chi connectivity index (χ3n) is 3.37. The lowest BCUT2D eigenvalue weighted by Crippen LogP contribution is -2.15. The molecule has 25 heavy (non-hydrogen) atoms. The highest BCUT2D eigenvalue weighted by Crippen LogP contribution is 2.27. The molecule has 1 amide bonds. The molecule has 0 saturated carbocycles. The summed E-state index contributed by atoms with van der Waals surface area (Å²) in [6.07, 6.45) is -2.79. The number of aromatic nitrogens is 2. The van der Waals surface area contributed by atoms with Gasteiger partial charge in [0.05, 0.1) is 5.52 Å². The summed E-state index contributed by atoms with van der Waals surface area (Å²) in [6.45, 7) is -0.633. The van der Waals surface area contributed by atoms with Crippen LogP contribution < -0.4 is 10.6 Å². The molecule has 128 valence electrons. The van der Waals surface area contributed by atoms with E-state index >= 15 is 0 Å². The number of aliphatic hydroxyl groups is 1. The van der Waals surface area contributed by atoms with Crippen LogP contribution in [-0.2, 0) is 4.79 Å². The van der Waals surface area contributed by atoms with Crippen LogP contribution in [0.25, 0.3) is 10.9 Å². The van der Waals surface area contributed by atoms with Gasteiger partial charge in [0.2, 0.25) is 5.91 Å². The zero-order chi connectivity index (χ0) is 17.8. The molecule has 3 N–H and O–H groups in total. The molecular formula is C17H14F2N4O2. The quantitative estimate of drug-likeness (QED) is 0.661. The number of amides is 1. The molecule has 0 saturated heterocycles. The molecule has 0 spiro atoms. The van der Waals surface area contributed by atoms with E-state index in [1.54, 1.807) is 48.5 Å². The summed E-state index contributed by atoms with van der Waals surface area (Å²) in [4.78, 5) is 19.0. The first-order valence-electron chi connectivity index (χ1n) is 7.39. The minimum absolute atomic E-state index is 0.242. The molecule has 2 aromatic carbocycles. The summed E-state index contributed by atoms with van der Waals surface area (Å²) in [6, 6.07) is 13.4. The molecule has 3 aromatic rings. The lowest BCUT2D eigenvalue weighted by atomic mass is 10.2. The number of rotatable bonds is 5. The van der Waals surface area contributed by atoms with E-state index in [2.05, 4.69) is 20.6 Å². The summed E-state index contributed by atoms with van der Waals surface area (Å²) in [5.74, 6) is -0.873. The molecule has 0 radical (unpaired) electrons. The summed E-state index contributed by atoms with van der Waals surface area (Å²) in [7, 11) is 0. The lowest BCUT2D eigenvalue weighted by molar-refractivity contribution is -0.118. The van der Waals surface area contributed by atoms with Gasteiger partial charge < -0.3 is 15.7 Å². The van der Waals surface area contributed by atoms with Crippen LogP contribution in [0.15, 0.2) is 48.5 Å². The molecule has 6 nitrogen and oxygen atoms in total. The van der Waals surface area contributed by atoms with Gasteiger partial charge in [-0.05, 0) is 30.3 Å². The summed E-state index contributed by atoms with van der Waals surface area (Å²) in [5.41, 5.74) is 1.40. The number of nitrogens with one attached hydrogen (secondary N) is 2. The van der Waals surface area contributed by atoms with E-state index < -0.39 is 24.8 Å². The van der Waals surface area contributed by atoms with E-state index in [1.807, 2.05) is 0 Å². The molecule has 0 aliphatic rings. The predicted molar refractivity (Wildman–Crippen MR) is 89.9 cm³/mol. The van der Waals surface area contributed by atoms with Crippen LogP contribution in [-0.4, -0.2) is 27.6 Å². The number of fused-ring (bicyclic) bond motifs is 1. The largest absolute Gasteiger partial charge is 0.387 e. The molecule has 0 unspecified atom stereocenters. The van der Waals surface area contributed by atoms with Gasteiger partial charge in [0, 0.05) is 16.8 Å². The number of hydrogen-bond acceptors (Lipinski definition) is 5. The van der Waals surface area contributed by atoms with Crippen molar-refractivity contribution in [3.05, 3.63) is 54.4 Å². The van der Waals surface area contributed by atoms with Gasteiger partial charge in [-0.15, -0.1) is 0 Å². The minimum atomic E-state index is -2.79. The Hall–Kier alpha value is -3.13. The first kappa shape index (κ1) is 16.7. The van der Waals surface area contributed by atoms with E-state index in [4.69, 9.17) is 5.11 Å². The fourth-order valence-corrected chi connectivity index (χ4v) is 2.30. The Morgan fingerprint density at radius 1 is 1.08 bits per heavy atom. The first-order chi connectivity index (χ1) is 12.1. The Balaban J connectivity index is 1.97. The highest BCUT2D eigenvalue weighted by atomic mass is 19.3. The molecular weight excluding hydrogens is 330 g/mol. The topological polar surface area (TPSA) is 87.1 Å². The van der Waals surface area contributed by atoms with Crippen LogP contribution in [0.3, 0.4) is 0 Å². The van der Waals surface area contributed by atoms with Crippen molar-refractivity contribution < 1.29 is 18.7 Å². The number of hydrogen-bond donors (Lipinski definition) is 3. The van der Waals surface area contributed by atoms with Gasteiger partial charge >= 0.3 is 0 Å². The number of benzene rings is 2. The maximum absolute atomic E-state index is 13.0. The van der Waals surface area contributed by atoms with Crippen molar-refractivity contribution in [2.75, 3.05) is 17.2 Å². The SMILES string of the molecule is O=C(CO)Nc1cccc(Nc2nc(C(F)F)nc3ccccc23)c1. The number of para-hydroxylation sites is 1. The van der Waals surface area contributed by atoms with Crippen molar-refractivity contribution in [1.82, 2.24) is 9.97 Å². The molecule has 1 heterocycles. The van der Waals surface area contributed by atoms with Crippen molar-refractivity contribution in [3.8, 4) is 0 Å². The highest BCUT2D eigenvalue weighted by Gasteiger charge is 2.15. The Labute approximate surface area is 141 Å². The molecule has 1 aromatic heterocycles. The van der Waals surface area contributed by atoms with Crippen LogP contribution in [0.4, 0.5) is 26.0 Å². The normalized spacial score (nSPS) is 10.9. The van der Waals surface area contributed by atoms with Crippen molar-refractivity contribution in [1.29, 1.82) is 0 Å². The number of carbonyl (C=O) groups excluding carboxylic acids is 1. The second kappa shape index (κ2) is 7.18. The Kier molecular flexibility index (Phi) is 4.80. The number of anilines is 3. The van der Waals surface area contributed by atoms with E-state index in [9.17, 15) is 13.6 Å². The van der Waals surface area contributed by atoms with E-state index in [-0.39, 0.29) is 5.82 Å². The van der Waals surface area contributed by atoms with Gasteiger partial charge in [0.1, 0.15) is 12.4 Å². The van der Waals surface area contributed by atoms with E-state index in [0.717, 1.165) is 0 Å². The number of aliphatic hydroxyl groups excluding tert-OH is 1. The monoisotopic (exact) mass is 344 g/mol. The van der Waals surface area contributed by atoms with Crippen LogP contribution in [0.1, 0.15) is 12.2 Å². The zero-order valence-electron chi connectivity index (χ0n) is 12.9. The summed E-state index contributed by atoms with van der Waals surface area (Å²) >= 11 is 0. The highest BCUT2D eigenvalue weighted by molar-refractivity contribution is 5.93.